The van der Waals surface area contributed by atoms with Crippen LogP contribution in [0, 0.1) is 5.92 Å². The lowest BCUT2D eigenvalue weighted by Gasteiger charge is -2.27. The molecule has 1 rings (SSSR count). The number of hydrogen-bond acceptors (Lipinski definition) is 4. The number of aliphatic hydroxyl groups is 2. The fourth-order valence-corrected chi connectivity index (χ4v) is 2.15. The molecule has 0 saturated heterocycles. The number of ether oxygens (including phenoxy) is 2. The van der Waals surface area contributed by atoms with E-state index in [0.29, 0.717) is 32.3 Å². The topological polar surface area (TPSA) is 58.9 Å². The molecule has 16 heavy (non-hydrogen) atoms. The predicted molar refractivity (Wildman–Crippen MR) is 61.3 cm³/mol. The van der Waals surface area contributed by atoms with Crippen molar-refractivity contribution in [2.45, 2.75) is 38.2 Å². The van der Waals surface area contributed by atoms with E-state index in [1.165, 1.54) is 6.42 Å². The third-order valence-electron chi connectivity index (χ3n) is 3.11. The highest BCUT2D eigenvalue weighted by molar-refractivity contribution is 4.73. The van der Waals surface area contributed by atoms with Crippen molar-refractivity contribution >= 4 is 0 Å². The van der Waals surface area contributed by atoms with E-state index < -0.39 is 0 Å². The van der Waals surface area contributed by atoms with Gasteiger partial charge in [-0.15, -0.1) is 0 Å². The normalized spacial score (nSPS) is 25.9. The second-order valence-corrected chi connectivity index (χ2v) is 4.35. The van der Waals surface area contributed by atoms with Gasteiger partial charge in [0.05, 0.1) is 32.5 Å². The lowest BCUT2D eigenvalue weighted by atomic mass is 9.85. The largest absolute Gasteiger partial charge is 0.394 e. The molecule has 1 fully saturated rings. The van der Waals surface area contributed by atoms with Crippen molar-refractivity contribution < 1.29 is 19.7 Å². The molecule has 1 saturated carbocycles. The Balaban J connectivity index is 1.90. The molecule has 0 radical (unpaired) electrons. The Morgan fingerprint density at radius 2 is 1.62 bits per heavy atom. The SMILES string of the molecule is OCCOCCOCCC1CCCCC1O. The number of hydrogen-bond donors (Lipinski definition) is 2. The second-order valence-electron chi connectivity index (χ2n) is 4.35. The third-order valence-corrected chi connectivity index (χ3v) is 3.11. The molecule has 0 spiro atoms. The quantitative estimate of drug-likeness (QED) is 0.612. The third kappa shape index (κ3) is 5.80. The van der Waals surface area contributed by atoms with Crippen LogP contribution in [-0.2, 0) is 9.47 Å². The zero-order chi connectivity index (χ0) is 11.6. The summed E-state index contributed by atoms with van der Waals surface area (Å²) < 4.78 is 10.5. The van der Waals surface area contributed by atoms with E-state index in [1.807, 2.05) is 0 Å². The summed E-state index contributed by atoms with van der Waals surface area (Å²) in [4.78, 5) is 0. The highest BCUT2D eigenvalue weighted by atomic mass is 16.5. The Hall–Kier alpha value is -0.160. The molecule has 0 amide bonds. The van der Waals surface area contributed by atoms with E-state index in [-0.39, 0.29) is 12.7 Å². The minimum absolute atomic E-state index is 0.0638. The Labute approximate surface area is 97.6 Å². The van der Waals surface area contributed by atoms with Crippen molar-refractivity contribution in [1.82, 2.24) is 0 Å². The van der Waals surface area contributed by atoms with Crippen molar-refractivity contribution in [3.63, 3.8) is 0 Å². The molecule has 2 N–H and O–H groups in total. The summed E-state index contributed by atoms with van der Waals surface area (Å²) in [6.45, 7) is 2.25. The molecular formula is C12H24O4. The first-order chi connectivity index (χ1) is 7.84. The summed E-state index contributed by atoms with van der Waals surface area (Å²) in [5, 5.41) is 18.2. The van der Waals surface area contributed by atoms with Gasteiger partial charge in [-0.2, -0.15) is 0 Å². The van der Waals surface area contributed by atoms with Crippen LogP contribution in [0.15, 0.2) is 0 Å². The van der Waals surface area contributed by atoms with E-state index in [4.69, 9.17) is 14.6 Å². The summed E-state index contributed by atoms with van der Waals surface area (Å²) in [6.07, 6.45) is 5.30. The summed E-state index contributed by atoms with van der Waals surface area (Å²) >= 11 is 0. The second kappa shape index (κ2) is 8.93. The zero-order valence-corrected chi connectivity index (χ0v) is 9.94. The molecule has 0 aromatic rings. The van der Waals surface area contributed by atoms with Gasteiger partial charge in [-0.05, 0) is 25.2 Å². The fourth-order valence-electron chi connectivity index (χ4n) is 2.15. The summed E-state index contributed by atoms with van der Waals surface area (Å²) in [7, 11) is 0. The van der Waals surface area contributed by atoms with Gasteiger partial charge in [-0.3, -0.25) is 0 Å². The van der Waals surface area contributed by atoms with Crippen molar-refractivity contribution in [2.24, 2.45) is 5.92 Å². The average Bonchev–Trinajstić information content (AvgIpc) is 2.30. The maximum atomic E-state index is 9.73. The first-order valence-electron chi connectivity index (χ1n) is 6.29. The standard InChI is InChI=1S/C12H24O4/c13-6-8-16-10-9-15-7-5-11-3-1-2-4-12(11)14/h11-14H,1-10H2. The minimum atomic E-state index is -0.122. The molecule has 4 nitrogen and oxygen atoms in total. The van der Waals surface area contributed by atoms with Crippen molar-refractivity contribution in [3.8, 4) is 0 Å². The van der Waals surface area contributed by atoms with Crippen molar-refractivity contribution in [3.05, 3.63) is 0 Å². The van der Waals surface area contributed by atoms with Crippen LogP contribution in [0.5, 0.6) is 0 Å². The fraction of sp³-hybridized carbons (Fsp3) is 1.00. The van der Waals surface area contributed by atoms with Crippen LogP contribution >= 0.6 is 0 Å². The molecule has 0 aliphatic heterocycles. The summed E-state index contributed by atoms with van der Waals surface area (Å²) in [5.74, 6) is 0.423. The molecule has 1 aliphatic rings. The molecular weight excluding hydrogens is 208 g/mol. The van der Waals surface area contributed by atoms with Gasteiger partial charge in [-0.25, -0.2) is 0 Å². The lowest BCUT2D eigenvalue weighted by Crippen LogP contribution is -2.25. The Bertz CT molecular complexity index is 163. The van der Waals surface area contributed by atoms with Gasteiger partial charge in [0.15, 0.2) is 0 Å². The van der Waals surface area contributed by atoms with Crippen LogP contribution in [0.25, 0.3) is 0 Å². The van der Waals surface area contributed by atoms with Crippen LogP contribution in [0.4, 0.5) is 0 Å². The number of aliphatic hydroxyl groups excluding tert-OH is 2. The van der Waals surface area contributed by atoms with Gasteiger partial charge in [0, 0.05) is 6.61 Å². The van der Waals surface area contributed by atoms with Crippen LogP contribution in [0.1, 0.15) is 32.1 Å². The Kier molecular flexibility index (Phi) is 7.76. The van der Waals surface area contributed by atoms with Gasteiger partial charge in [0.25, 0.3) is 0 Å². The molecule has 0 aromatic carbocycles. The molecule has 2 unspecified atom stereocenters. The van der Waals surface area contributed by atoms with Crippen LogP contribution in [0.3, 0.4) is 0 Å². The van der Waals surface area contributed by atoms with E-state index in [2.05, 4.69) is 0 Å². The highest BCUT2D eigenvalue weighted by Crippen LogP contribution is 2.26. The van der Waals surface area contributed by atoms with E-state index in [1.54, 1.807) is 0 Å². The maximum Gasteiger partial charge on any atom is 0.0701 e. The van der Waals surface area contributed by atoms with Gasteiger partial charge in [0.1, 0.15) is 0 Å². The Morgan fingerprint density at radius 3 is 2.31 bits per heavy atom. The first kappa shape index (κ1) is 13.9. The van der Waals surface area contributed by atoms with Gasteiger partial charge in [-0.1, -0.05) is 12.8 Å². The summed E-state index contributed by atoms with van der Waals surface area (Å²) in [6, 6.07) is 0. The monoisotopic (exact) mass is 232 g/mol. The van der Waals surface area contributed by atoms with Gasteiger partial charge >= 0.3 is 0 Å². The van der Waals surface area contributed by atoms with Crippen molar-refractivity contribution in [1.29, 1.82) is 0 Å². The predicted octanol–water partition coefficient (Wildman–Crippen LogP) is 0.953. The van der Waals surface area contributed by atoms with Gasteiger partial charge in [0.2, 0.25) is 0 Å². The average molecular weight is 232 g/mol. The van der Waals surface area contributed by atoms with E-state index in [0.717, 1.165) is 25.7 Å². The maximum absolute atomic E-state index is 9.73. The zero-order valence-electron chi connectivity index (χ0n) is 9.94. The molecule has 2 atom stereocenters. The number of rotatable bonds is 8. The van der Waals surface area contributed by atoms with Crippen LogP contribution in [0.2, 0.25) is 0 Å². The van der Waals surface area contributed by atoms with E-state index in [9.17, 15) is 5.11 Å². The van der Waals surface area contributed by atoms with E-state index >= 15 is 0 Å². The smallest absolute Gasteiger partial charge is 0.0701 e. The van der Waals surface area contributed by atoms with Crippen LogP contribution in [-0.4, -0.2) is 49.4 Å². The first-order valence-corrected chi connectivity index (χ1v) is 6.29. The van der Waals surface area contributed by atoms with Crippen molar-refractivity contribution in [2.75, 3.05) is 33.0 Å². The molecule has 4 heteroatoms. The molecule has 0 bridgehead atoms. The minimum Gasteiger partial charge on any atom is -0.394 e. The molecule has 0 heterocycles. The molecule has 96 valence electrons. The van der Waals surface area contributed by atoms with Gasteiger partial charge < -0.3 is 19.7 Å². The summed E-state index contributed by atoms with van der Waals surface area (Å²) in [5.41, 5.74) is 0. The Morgan fingerprint density at radius 1 is 0.938 bits per heavy atom. The highest BCUT2D eigenvalue weighted by Gasteiger charge is 2.22. The lowest BCUT2D eigenvalue weighted by molar-refractivity contribution is 0.0126. The van der Waals surface area contributed by atoms with Crippen LogP contribution < -0.4 is 0 Å². The molecule has 1 aliphatic carbocycles. The molecule has 0 aromatic heterocycles.